The molecule has 2 rings (SSSR count). The van der Waals surface area contributed by atoms with Gasteiger partial charge in [-0.2, -0.15) is 0 Å². The van der Waals surface area contributed by atoms with E-state index in [2.05, 4.69) is 10.3 Å². The van der Waals surface area contributed by atoms with Crippen molar-refractivity contribution >= 4 is 35.2 Å². The van der Waals surface area contributed by atoms with Crippen molar-refractivity contribution < 1.29 is 4.79 Å². The SMILES string of the molecule is O=C(/C=C/c1ccc(Cl)c(Cl)c1)NCCc1ccccn1. The predicted octanol–water partition coefficient (Wildman–Crippen LogP) is 3.76. The lowest BCUT2D eigenvalue weighted by molar-refractivity contribution is -0.116. The summed E-state index contributed by atoms with van der Waals surface area (Å²) in [4.78, 5) is 15.9. The van der Waals surface area contributed by atoms with Gasteiger partial charge in [0.15, 0.2) is 0 Å². The van der Waals surface area contributed by atoms with Crippen molar-refractivity contribution in [3.63, 3.8) is 0 Å². The fourth-order valence-electron chi connectivity index (χ4n) is 1.71. The summed E-state index contributed by atoms with van der Waals surface area (Å²) in [6.07, 6.45) is 5.60. The van der Waals surface area contributed by atoms with Gasteiger partial charge in [0.1, 0.15) is 0 Å². The average Bonchev–Trinajstić information content (AvgIpc) is 2.49. The molecule has 3 nitrogen and oxygen atoms in total. The van der Waals surface area contributed by atoms with E-state index in [0.717, 1.165) is 11.3 Å². The number of rotatable bonds is 5. The van der Waals surface area contributed by atoms with Crippen LogP contribution in [-0.4, -0.2) is 17.4 Å². The van der Waals surface area contributed by atoms with Crippen molar-refractivity contribution in [2.45, 2.75) is 6.42 Å². The van der Waals surface area contributed by atoms with E-state index in [9.17, 15) is 4.79 Å². The minimum atomic E-state index is -0.156. The number of halogens is 2. The van der Waals surface area contributed by atoms with Crippen molar-refractivity contribution in [2.24, 2.45) is 0 Å². The molecule has 0 saturated heterocycles. The first kappa shape index (κ1) is 15.5. The van der Waals surface area contributed by atoms with Gasteiger partial charge in [-0.1, -0.05) is 35.3 Å². The number of hydrogen-bond acceptors (Lipinski definition) is 2. The third-order valence-electron chi connectivity index (χ3n) is 2.78. The lowest BCUT2D eigenvalue weighted by atomic mass is 10.2. The van der Waals surface area contributed by atoms with Gasteiger partial charge in [-0.25, -0.2) is 0 Å². The molecular weight excluding hydrogens is 307 g/mol. The monoisotopic (exact) mass is 320 g/mol. The van der Waals surface area contributed by atoms with E-state index in [1.54, 1.807) is 30.5 Å². The summed E-state index contributed by atoms with van der Waals surface area (Å²) in [7, 11) is 0. The van der Waals surface area contributed by atoms with E-state index in [1.165, 1.54) is 6.08 Å². The molecule has 0 fully saturated rings. The first-order chi connectivity index (χ1) is 10.1. The van der Waals surface area contributed by atoms with Gasteiger partial charge >= 0.3 is 0 Å². The van der Waals surface area contributed by atoms with Crippen LogP contribution in [0.5, 0.6) is 0 Å². The predicted molar refractivity (Wildman–Crippen MR) is 86.4 cm³/mol. The van der Waals surface area contributed by atoms with Crippen LogP contribution in [0.25, 0.3) is 6.08 Å². The molecule has 21 heavy (non-hydrogen) atoms. The quantitative estimate of drug-likeness (QED) is 0.852. The second-order valence-corrected chi connectivity index (χ2v) is 5.18. The topological polar surface area (TPSA) is 42.0 Å². The highest BCUT2D eigenvalue weighted by molar-refractivity contribution is 6.42. The maximum Gasteiger partial charge on any atom is 0.244 e. The van der Waals surface area contributed by atoms with Crippen LogP contribution < -0.4 is 5.32 Å². The molecule has 0 aliphatic rings. The molecule has 2 aromatic rings. The van der Waals surface area contributed by atoms with Crippen molar-refractivity contribution in [3.8, 4) is 0 Å². The van der Waals surface area contributed by atoms with E-state index in [-0.39, 0.29) is 5.91 Å². The fraction of sp³-hybridized carbons (Fsp3) is 0.125. The summed E-state index contributed by atoms with van der Waals surface area (Å²) < 4.78 is 0. The van der Waals surface area contributed by atoms with Crippen LogP contribution in [0.2, 0.25) is 10.0 Å². The molecule has 108 valence electrons. The molecule has 0 saturated carbocycles. The van der Waals surface area contributed by atoms with Gasteiger partial charge in [-0.05, 0) is 35.9 Å². The standard InChI is InChI=1S/C16H14Cl2N2O/c17-14-6-4-12(11-15(14)18)5-7-16(21)20-10-8-13-3-1-2-9-19-13/h1-7,9,11H,8,10H2,(H,20,21)/b7-5+. The Kier molecular flexibility index (Phi) is 5.78. The summed E-state index contributed by atoms with van der Waals surface area (Å²) in [5, 5.41) is 3.76. The van der Waals surface area contributed by atoms with Gasteiger partial charge in [0.05, 0.1) is 10.0 Å². The highest BCUT2D eigenvalue weighted by atomic mass is 35.5. The van der Waals surface area contributed by atoms with Crippen molar-refractivity contribution in [2.75, 3.05) is 6.54 Å². The average molecular weight is 321 g/mol. The molecule has 1 aromatic heterocycles. The van der Waals surface area contributed by atoms with Crippen LogP contribution in [0.3, 0.4) is 0 Å². The first-order valence-corrected chi connectivity index (χ1v) is 7.21. The van der Waals surface area contributed by atoms with Crippen LogP contribution in [-0.2, 0) is 11.2 Å². The molecule has 1 aromatic carbocycles. The Bertz CT molecular complexity index is 642. The fourth-order valence-corrected chi connectivity index (χ4v) is 2.01. The highest BCUT2D eigenvalue weighted by Crippen LogP contribution is 2.22. The van der Waals surface area contributed by atoms with E-state index in [0.29, 0.717) is 23.0 Å². The first-order valence-electron chi connectivity index (χ1n) is 6.46. The number of hydrogen-bond donors (Lipinski definition) is 1. The molecule has 0 atom stereocenters. The van der Waals surface area contributed by atoms with Crippen LogP contribution >= 0.6 is 23.2 Å². The number of carbonyl (C=O) groups excluding carboxylic acids is 1. The van der Waals surface area contributed by atoms with E-state index < -0.39 is 0 Å². The molecule has 1 heterocycles. The number of benzene rings is 1. The van der Waals surface area contributed by atoms with Crippen LogP contribution in [0.15, 0.2) is 48.7 Å². The number of pyridine rings is 1. The molecule has 0 spiro atoms. The maximum atomic E-state index is 11.7. The third-order valence-corrected chi connectivity index (χ3v) is 3.52. The van der Waals surface area contributed by atoms with Gasteiger partial charge in [0.25, 0.3) is 0 Å². The number of aromatic nitrogens is 1. The Balaban J connectivity index is 1.81. The van der Waals surface area contributed by atoms with Crippen molar-refractivity contribution in [3.05, 3.63) is 70.0 Å². The molecule has 0 unspecified atom stereocenters. The second-order valence-electron chi connectivity index (χ2n) is 4.37. The molecule has 0 radical (unpaired) electrons. The van der Waals surface area contributed by atoms with Gasteiger partial charge in [-0.3, -0.25) is 9.78 Å². The zero-order valence-electron chi connectivity index (χ0n) is 11.2. The zero-order chi connectivity index (χ0) is 15.1. The minimum absolute atomic E-state index is 0.156. The normalized spacial score (nSPS) is 10.8. The summed E-state index contributed by atoms with van der Waals surface area (Å²) >= 11 is 11.7. The van der Waals surface area contributed by atoms with Crippen LogP contribution in [0.4, 0.5) is 0 Å². The third kappa shape index (κ3) is 5.21. The van der Waals surface area contributed by atoms with Gasteiger partial charge in [-0.15, -0.1) is 0 Å². The van der Waals surface area contributed by atoms with E-state index in [1.807, 2.05) is 18.2 Å². The summed E-state index contributed by atoms with van der Waals surface area (Å²) in [6, 6.07) is 10.9. The lowest BCUT2D eigenvalue weighted by Gasteiger charge is -2.02. The van der Waals surface area contributed by atoms with Crippen molar-refractivity contribution in [1.29, 1.82) is 0 Å². The number of amides is 1. The van der Waals surface area contributed by atoms with Crippen LogP contribution in [0.1, 0.15) is 11.3 Å². The Labute approximate surface area is 133 Å². The number of carbonyl (C=O) groups is 1. The molecule has 0 bridgehead atoms. The highest BCUT2D eigenvalue weighted by Gasteiger charge is 1.99. The lowest BCUT2D eigenvalue weighted by Crippen LogP contribution is -2.23. The smallest absolute Gasteiger partial charge is 0.244 e. The van der Waals surface area contributed by atoms with Gasteiger partial charge in [0.2, 0.25) is 5.91 Å². The summed E-state index contributed by atoms with van der Waals surface area (Å²) in [5.74, 6) is -0.156. The Morgan fingerprint density at radius 1 is 1.19 bits per heavy atom. The Hall–Kier alpha value is -1.84. The van der Waals surface area contributed by atoms with Crippen LogP contribution in [0, 0.1) is 0 Å². The molecule has 1 amide bonds. The molecule has 1 N–H and O–H groups in total. The van der Waals surface area contributed by atoms with Gasteiger partial charge < -0.3 is 5.32 Å². The molecular formula is C16H14Cl2N2O. The molecule has 0 aliphatic carbocycles. The van der Waals surface area contributed by atoms with E-state index in [4.69, 9.17) is 23.2 Å². The zero-order valence-corrected chi connectivity index (χ0v) is 12.7. The Morgan fingerprint density at radius 2 is 2.05 bits per heavy atom. The minimum Gasteiger partial charge on any atom is -0.352 e. The number of nitrogens with one attached hydrogen (secondary N) is 1. The molecule has 0 aliphatic heterocycles. The van der Waals surface area contributed by atoms with Gasteiger partial charge in [0, 0.05) is 30.9 Å². The summed E-state index contributed by atoms with van der Waals surface area (Å²) in [5.41, 5.74) is 1.77. The Morgan fingerprint density at radius 3 is 2.76 bits per heavy atom. The summed E-state index contributed by atoms with van der Waals surface area (Å²) in [6.45, 7) is 0.543. The second kappa shape index (κ2) is 7.81. The van der Waals surface area contributed by atoms with E-state index >= 15 is 0 Å². The van der Waals surface area contributed by atoms with Crippen molar-refractivity contribution in [1.82, 2.24) is 10.3 Å². The number of nitrogens with zero attached hydrogens (tertiary/aromatic N) is 1. The largest absolute Gasteiger partial charge is 0.352 e. The molecule has 5 heteroatoms. The maximum absolute atomic E-state index is 11.7.